The summed E-state index contributed by atoms with van der Waals surface area (Å²) in [6.45, 7) is 5.15. The summed E-state index contributed by atoms with van der Waals surface area (Å²) < 4.78 is 5.40. The van der Waals surface area contributed by atoms with Gasteiger partial charge in [0.05, 0.1) is 12.7 Å². The number of hydrogen-bond donors (Lipinski definition) is 0. The van der Waals surface area contributed by atoms with Crippen molar-refractivity contribution in [3.05, 3.63) is 96.8 Å². The van der Waals surface area contributed by atoms with E-state index in [0.29, 0.717) is 37.4 Å². The standard InChI is InChI=1S/C27H27N3O3/c1-3-15-29-16-17-30(26(31)23-9-4-5-10-25(23)33-2)24(27(29)32)19-20-7-6-8-22(18-20)21-11-13-28-14-12-21/h3-14,18,24H,1,15-17,19H2,2H3. The second-order valence-corrected chi connectivity index (χ2v) is 7.93. The molecule has 0 N–H and O–H groups in total. The largest absolute Gasteiger partial charge is 0.496 e. The van der Waals surface area contributed by atoms with E-state index in [0.717, 1.165) is 16.7 Å². The number of para-hydroxylation sites is 1. The second kappa shape index (κ2) is 10.1. The van der Waals surface area contributed by atoms with Crippen LogP contribution in [0, 0.1) is 0 Å². The van der Waals surface area contributed by atoms with Crippen molar-refractivity contribution in [1.29, 1.82) is 0 Å². The maximum absolute atomic E-state index is 13.5. The number of benzene rings is 2. The van der Waals surface area contributed by atoms with Gasteiger partial charge in [-0.05, 0) is 41.0 Å². The summed E-state index contributed by atoms with van der Waals surface area (Å²) in [5.41, 5.74) is 3.54. The lowest BCUT2D eigenvalue weighted by Crippen LogP contribution is -2.59. The van der Waals surface area contributed by atoms with Crippen molar-refractivity contribution in [2.24, 2.45) is 0 Å². The van der Waals surface area contributed by atoms with Gasteiger partial charge in [-0.25, -0.2) is 0 Å². The van der Waals surface area contributed by atoms with E-state index in [2.05, 4.69) is 17.6 Å². The Morgan fingerprint density at radius 1 is 1.09 bits per heavy atom. The maximum atomic E-state index is 13.5. The summed E-state index contributed by atoms with van der Waals surface area (Å²) in [7, 11) is 1.54. The molecule has 33 heavy (non-hydrogen) atoms. The highest BCUT2D eigenvalue weighted by molar-refractivity contribution is 6.00. The predicted octanol–water partition coefficient (Wildman–Crippen LogP) is 3.84. The average molecular weight is 442 g/mol. The van der Waals surface area contributed by atoms with Crippen LogP contribution >= 0.6 is 0 Å². The van der Waals surface area contributed by atoms with E-state index in [1.165, 1.54) is 0 Å². The van der Waals surface area contributed by atoms with Gasteiger partial charge in [0.2, 0.25) is 5.91 Å². The van der Waals surface area contributed by atoms with E-state index < -0.39 is 6.04 Å². The van der Waals surface area contributed by atoms with Crippen LogP contribution in [0.3, 0.4) is 0 Å². The molecule has 0 aliphatic carbocycles. The number of carbonyl (C=O) groups is 2. The Bertz CT molecular complexity index is 1150. The zero-order valence-electron chi connectivity index (χ0n) is 18.7. The number of piperazine rings is 1. The molecular weight excluding hydrogens is 414 g/mol. The van der Waals surface area contributed by atoms with Crippen LogP contribution in [0.15, 0.2) is 85.7 Å². The number of ether oxygens (including phenoxy) is 1. The number of nitrogens with zero attached hydrogens (tertiary/aromatic N) is 3. The van der Waals surface area contributed by atoms with E-state index in [9.17, 15) is 9.59 Å². The predicted molar refractivity (Wildman–Crippen MR) is 128 cm³/mol. The van der Waals surface area contributed by atoms with Crippen molar-refractivity contribution < 1.29 is 14.3 Å². The number of methoxy groups -OCH3 is 1. The van der Waals surface area contributed by atoms with Gasteiger partial charge in [-0.2, -0.15) is 0 Å². The fraction of sp³-hybridized carbons (Fsp3) is 0.222. The zero-order valence-corrected chi connectivity index (χ0v) is 18.7. The Labute approximate surface area is 194 Å². The van der Waals surface area contributed by atoms with E-state index in [1.807, 2.05) is 36.4 Å². The average Bonchev–Trinajstić information content (AvgIpc) is 2.87. The van der Waals surface area contributed by atoms with Crippen LogP contribution in [0.4, 0.5) is 0 Å². The van der Waals surface area contributed by atoms with Gasteiger partial charge >= 0.3 is 0 Å². The minimum atomic E-state index is -0.608. The van der Waals surface area contributed by atoms with Gasteiger partial charge in [-0.1, -0.05) is 42.5 Å². The lowest BCUT2D eigenvalue weighted by Gasteiger charge is -2.40. The normalized spacial score (nSPS) is 15.9. The minimum Gasteiger partial charge on any atom is -0.496 e. The van der Waals surface area contributed by atoms with Gasteiger partial charge in [0.1, 0.15) is 11.8 Å². The van der Waals surface area contributed by atoms with Crippen molar-refractivity contribution in [3.63, 3.8) is 0 Å². The molecule has 4 rings (SSSR count). The van der Waals surface area contributed by atoms with Gasteiger partial charge in [0, 0.05) is 38.4 Å². The van der Waals surface area contributed by atoms with Gasteiger partial charge in [0.25, 0.3) is 5.91 Å². The van der Waals surface area contributed by atoms with Crippen LogP contribution in [0.5, 0.6) is 5.75 Å². The maximum Gasteiger partial charge on any atom is 0.258 e. The highest BCUT2D eigenvalue weighted by Gasteiger charge is 2.38. The van der Waals surface area contributed by atoms with Gasteiger partial charge in [0.15, 0.2) is 0 Å². The molecule has 2 aromatic carbocycles. The van der Waals surface area contributed by atoms with Crippen LogP contribution in [0.1, 0.15) is 15.9 Å². The molecule has 2 heterocycles. The van der Waals surface area contributed by atoms with Crippen LogP contribution in [-0.4, -0.2) is 59.4 Å². The highest BCUT2D eigenvalue weighted by Crippen LogP contribution is 2.26. The molecule has 3 aromatic rings. The molecule has 0 radical (unpaired) electrons. The Kier molecular flexibility index (Phi) is 6.83. The fourth-order valence-corrected chi connectivity index (χ4v) is 4.24. The highest BCUT2D eigenvalue weighted by atomic mass is 16.5. The quantitative estimate of drug-likeness (QED) is 0.523. The summed E-state index contributed by atoms with van der Waals surface area (Å²) in [4.78, 5) is 34.5. The minimum absolute atomic E-state index is 0.0706. The summed E-state index contributed by atoms with van der Waals surface area (Å²) in [6.07, 6.45) is 5.66. The van der Waals surface area contributed by atoms with Crippen molar-refractivity contribution >= 4 is 11.8 Å². The number of pyridine rings is 1. The third-order valence-corrected chi connectivity index (χ3v) is 5.90. The molecule has 1 atom stereocenters. The lowest BCUT2D eigenvalue weighted by molar-refractivity contribution is -0.139. The van der Waals surface area contributed by atoms with Crippen LogP contribution < -0.4 is 4.74 Å². The molecule has 0 bridgehead atoms. The number of amides is 2. The van der Waals surface area contributed by atoms with Crippen LogP contribution in [-0.2, 0) is 11.2 Å². The molecular formula is C27H27N3O3. The topological polar surface area (TPSA) is 62.7 Å². The number of carbonyl (C=O) groups excluding carboxylic acids is 2. The molecule has 0 spiro atoms. The second-order valence-electron chi connectivity index (χ2n) is 7.93. The molecule has 1 saturated heterocycles. The van der Waals surface area contributed by atoms with Crippen LogP contribution in [0.25, 0.3) is 11.1 Å². The monoisotopic (exact) mass is 441 g/mol. The molecule has 2 amide bonds. The third-order valence-electron chi connectivity index (χ3n) is 5.90. The van der Waals surface area contributed by atoms with Gasteiger partial charge < -0.3 is 14.5 Å². The third kappa shape index (κ3) is 4.80. The molecule has 6 nitrogen and oxygen atoms in total. The number of hydrogen-bond acceptors (Lipinski definition) is 4. The Morgan fingerprint density at radius 2 is 1.88 bits per heavy atom. The molecule has 0 saturated carbocycles. The van der Waals surface area contributed by atoms with E-state index in [4.69, 9.17) is 4.74 Å². The summed E-state index contributed by atoms with van der Waals surface area (Å²) >= 11 is 0. The van der Waals surface area contributed by atoms with Crippen molar-refractivity contribution in [2.45, 2.75) is 12.5 Å². The zero-order chi connectivity index (χ0) is 23.2. The first kappa shape index (κ1) is 22.3. The summed E-state index contributed by atoms with van der Waals surface area (Å²) in [5, 5.41) is 0. The molecule has 1 fully saturated rings. The van der Waals surface area contributed by atoms with Gasteiger partial charge in [-0.3, -0.25) is 14.6 Å². The number of rotatable bonds is 7. The molecule has 168 valence electrons. The summed E-state index contributed by atoms with van der Waals surface area (Å²) in [5.74, 6) is 0.231. The SMILES string of the molecule is C=CCN1CCN(C(=O)c2ccccc2OC)C(Cc2cccc(-c3ccncc3)c2)C1=O. The lowest BCUT2D eigenvalue weighted by atomic mass is 9.97. The fourth-order valence-electron chi connectivity index (χ4n) is 4.24. The van der Waals surface area contributed by atoms with Crippen LogP contribution in [0.2, 0.25) is 0 Å². The van der Waals surface area contributed by atoms with Crippen molar-refractivity contribution in [2.75, 3.05) is 26.7 Å². The molecule has 1 unspecified atom stereocenters. The first-order chi connectivity index (χ1) is 16.1. The Hall–Kier alpha value is -3.93. The van der Waals surface area contributed by atoms with E-state index in [-0.39, 0.29) is 11.8 Å². The molecule has 6 heteroatoms. The first-order valence-electron chi connectivity index (χ1n) is 11.0. The van der Waals surface area contributed by atoms with Crippen molar-refractivity contribution in [3.8, 4) is 16.9 Å². The van der Waals surface area contributed by atoms with E-state index in [1.54, 1.807) is 53.6 Å². The smallest absolute Gasteiger partial charge is 0.258 e. The van der Waals surface area contributed by atoms with Gasteiger partial charge in [-0.15, -0.1) is 6.58 Å². The summed E-state index contributed by atoms with van der Waals surface area (Å²) in [6, 6.07) is 18.5. The van der Waals surface area contributed by atoms with E-state index >= 15 is 0 Å². The number of aromatic nitrogens is 1. The molecule has 1 aromatic heterocycles. The molecule has 1 aliphatic heterocycles. The van der Waals surface area contributed by atoms with Crippen molar-refractivity contribution in [1.82, 2.24) is 14.8 Å². The molecule has 1 aliphatic rings. The first-order valence-corrected chi connectivity index (χ1v) is 11.0. The Balaban J connectivity index is 1.66. The Morgan fingerprint density at radius 3 is 2.64 bits per heavy atom.